The van der Waals surface area contributed by atoms with Crippen molar-refractivity contribution < 1.29 is 0 Å². The quantitative estimate of drug-likeness (QED) is 0.823. The molecule has 0 unspecified atom stereocenters. The summed E-state index contributed by atoms with van der Waals surface area (Å²) < 4.78 is 0. The Balaban J connectivity index is 1.62. The van der Waals surface area contributed by atoms with Gasteiger partial charge < -0.3 is 10.6 Å². The third-order valence-corrected chi connectivity index (χ3v) is 4.11. The van der Waals surface area contributed by atoms with Crippen LogP contribution in [0, 0.1) is 6.92 Å². The number of rotatable bonds is 4. The first-order chi connectivity index (χ1) is 8.24. The topological polar surface area (TPSA) is 37.0 Å². The van der Waals surface area contributed by atoms with Crippen LogP contribution in [-0.4, -0.2) is 22.7 Å². The molecule has 0 atom stereocenters. The van der Waals surface area contributed by atoms with Gasteiger partial charge in [0.1, 0.15) is 0 Å². The Morgan fingerprint density at radius 1 is 1.53 bits per heavy atom. The molecule has 0 aromatic carbocycles. The predicted octanol–water partition coefficient (Wildman–Crippen LogP) is 2.40. The average molecular weight is 269 g/mol. The Morgan fingerprint density at radius 2 is 2.29 bits per heavy atom. The summed E-state index contributed by atoms with van der Waals surface area (Å²) in [5.41, 5.74) is 1.16. The van der Waals surface area contributed by atoms with E-state index < -0.39 is 0 Å². The van der Waals surface area contributed by atoms with E-state index in [1.807, 2.05) is 6.92 Å². The molecule has 2 N–H and O–H groups in total. The van der Waals surface area contributed by atoms with Gasteiger partial charge in [-0.2, -0.15) is 0 Å². The molecular weight excluding hydrogens is 250 g/mol. The zero-order chi connectivity index (χ0) is 12.1. The standard InChI is InChI=1S/C12H19N3S2/c1-9-14-11(8-17-9)6-7-13-12(16)15-10-4-2-3-5-10/h8,10H,2-7H2,1H3,(H2,13,15,16). The molecule has 0 radical (unpaired) electrons. The fourth-order valence-corrected chi connectivity index (χ4v) is 3.05. The number of hydrogen-bond donors (Lipinski definition) is 2. The summed E-state index contributed by atoms with van der Waals surface area (Å²) >= 11 is 6.97. The van der Waals surface area contributed by atoms with Gasteiger partial charge in [0.2, 0.25) is 0 Å². The highest BCUT2D eigenvalue weighted by Crippen LogP contribution is 2.17. The molecule has 1 aromatic rings. The van der Waals surface area contributed by atoms with E-state index in [-0.39, 0.29) is 0 Å². The summed E-state index contributed by atoms with van der Waals surface area (Å²) in [6, 6.07) is 0.594. The maximum absolute atomic E-state index is 5.27. The van der Waals surface area contributed by atoms with Crippen LogP contribution >= 0.6 is 23.6 Å². The molecule has 1 heterocycles. The van der Waals surface area contributed by atoms with Crippen LogP contribution in [0.3, 0.4) is 0 Å². The smallest absolute Gasteiger partial charge is 0.166 e. The Bertz CT molecular complexity index is 370. The highest BCUT2D eigenvalue weighted by atomic mass is 32.1. The molecule has 5 heteroatoms. The average Bonchev–Trinajstić information content (AvgIpc) is 2.90. The summed E-state index contributed by atoms with van der Waals surface area (Å²) in [6.45, 7) is 2.90. The zero-order valence-corrected chi connectivity index (χ0v) is 11.8. The van der Waals surface area contributed by atoms with Crippen LogP contribution in [0.1, 0.15) is 36.4 Å². The molecule has 1 aromatic heterocycles. The lowest BCUT2D eigenvalue weighted by molar-refractivity contribution is 0.621. The molecule has 1 fully saturated rings. The third-order valence-electron chi connectivity index (χ3n) is 3.02. The maximum atomic E-state index is 5.27. The largest absolute Gasteiger partial charge is 0.362 e. The van der Waals surface area contributed by atoms with E-state index in [0.29, 0.717) is 6.04 Å². The molecule has 0 bridgehead atoms. The summed E-state index contributed by atoms with van der Waals surface area (Å²) in [5.74, 6) is 0. The first-order valence-electron chi connectivity index (χ1n) is 6.19. The van der Waals surface area contributed by atoms with Crippen molar-refractivity contribution in [3.05, 3.63) is 16.1 Å². The van der Waals surface area contributed by atoms with Gasteiger partial charge >= 0.3 is 0 Å². The van der Waals surface area contributed by atoms with Gasteiger partial charge in [-0.3, -0.25) is 0 Å². The number of aromatic nitrogens is 1. The van der Waals surface area contributed by atoms with Gasteiger partial charge in [-0.15, -0.1) is 11.3 Å². The summed E-state index contributed by atoms with van der Waals surface area (Å²) in [4.78, 5) is 4.43. The summed E-state index contributed by atoms with van der Waals surface area (Å²) in [6.07, 6.45) is 6.12. The highest BCUT2D eigenvalue weighted by Gasteiger charge is 2.15. The van der Waals surface area contributed by atoms with Crippen LogP contribution in [-0.2, 0) is 6.42 Å². The van der Waals surface area contributed by atoms with Crippen molar-refractivity contribution in [2.75, 3.05) is 6.54 Å². The molecule has 94 valence electrons. The summed E-state index contributed by atoms with van der Waals surface area (Å²) in [7, 11) is 0. The van der Waals surface area contributed by atoms with Crippen LogP contribution in [0.5, 0.6) is 0 Å². The van der Waals surface area contributed by atoms with Crippen molar-refractivity contribution in [1.29, 1.82) is 0 Å². The summed E-state index contributed by atoms with van der Waals surface area (Å²) in [5, 5.41) is 10.7. The molecular formula is C12H19N3S2. The van der Waals surface area contributed by atoms with Crippen molar-refractivity contribution in [2.45, 2.75) is 45.1 Å². The van der Waals surface area contributed by atoms with Crippen molar-refractivity contribution in [1.82, 2.24) is 15.6 Å². The van der Waals surface area contributed by atoms with Crippen LogP contribution in [0.15, 0.2) is 5.38 Å². The van der Waals surface area contributed by atoms with Crippen LogP contribution in [0.2, 0.25) is 0 Å². The van der Waals surface area contributed by atoms with E-state index in [2.05, 4.69) is 21.0 Å². The SMILES string of the molecule is Cc1nc(CCNC(=S)NC2CCCC2)cs1. The van der Waals surface area contributed by atoms with Crippen LogP contribution in [0.4, 0.5) is 0 Å². The second-order valence-electron chi connectivity index (χ2n) is 4.49. The third kappa shape index (κ3) is 4.24. The Morgan fingerprint density at radius 3 is 2.94 bits per heavy atom. The zero-order valence-electron chi connectivity index (χ0n) is 10.2. The molecule has 0 spiro atoms. The number of thiazole rings is 1. The molecule has 2 rings (SSSR count). The molecule has 0 saturated heterocycles. The van der Waals surface area contributed by atoms with E-state index in [4.69, 9.17) is 12.2 Å². The van der Waals surface area contributed by atoms with Gasteiger partial charge in [-0.25, -0.2) is 4.98 Å². The van der Waals surface area contributed by atoms with E-state index in [0.717, 1.165) is 28.8 Å². The number of thiocarbonyl (C=S) groups is 1. The van der Waals surface area contributed by atoms with E-state index in [9.17, 15) is 0 Å². The van der Waals surface area contributed by atoms with E-state index in [1.54, 1.807) is 11.3 Å². The predicted molar refractivity (Wildman–Crippen MR) is 76.5 cm³/mol. The lowest BCUT2D eigenvalue weighted by Crippen LogP contribution is -2.41. The lowest BCUT2D eigenvalue weighted by atomic mass is 10.2. The molecule has 1 aliphatic rings. The van der Waals surface area contributed by atoms with Gasteiger partial charge in [0.15, 0.2) is 5.11 Å². The molecule has 1 saturated carbocycles. The van der Waals surface area contributed by atoms with E-state index >= 15 is 0 Å². The Hall–Kier alpha value is -0.680. The second kappa shape index (κ2) is 6.31. The van der Waals surface area contributed by atoms with Crippen molar-refractivity contribution in [2.24, 2.45) is 0 Å². The number of hydrogen-bond acceptors (Lipinski definition) is 3. The fourth-order valence-electron chi connectivity index (χ4n) is 2.13. The number of aryl methyl sites for hydroxylation is 1. The minimum Gasteiger partial charge on any atom is -0.362 e. The molecule has 1 aliphatic carbocycles. The van der Waals surface area contributed by atoms with Crippen molar-refractivity contribution >= 4 is 28.7 Å². The number of nitrogens with zero attached hydrogens (tertiary/aromatic N) is 1. The minimum absolute atomic E-state index is 0.594. The minimum atomic E-state index is 0.594. The first kappa shape index (κ1) is 12.8. The van der Waals surface area contributed by atoms with Crippen LogP contribution < -0.4 is 10.6 Å². The molecule has 0 aliphatic heterocycles. The van der Waals surface area contributed by atoms with Gasteiger partial charge in [0.05, 0.1) is 10.7 Å². The number of nitrogens with one attached hydrogen (secondary N) is 2. The fraction of sp³-hybridized carbons (Fsp3) is 0.667. The lowest BCUT2D eigenvalue weighted by Gasteiger charge is -2.15. The Labute approximate surface area is 112 Å². The first-order valence-corrected chi connectivity index (χ1v) is 7.48. The monoisotopic (exact) mass is 269 g/mol. The van der Waals surface area contributed by atoms with Crippen LogP contribution in [0.25, 0.3) is 0 Å². The molecule has 0 amide bonds. The van der Waals surface area contributed by atoms with Gasteiger partial charge in [0.25, 0.3) is 0 Å². The van der Waals surface area contributed by atoms with E-state index in [1.165, 1.54) is 25.7 Å². The normalized spacial score (nSPS) is 16.1. The van der Waals surface area contributed by atoms with Gasteiger partial charge in [-0.1, -0.05) is 12.8 Å². The molecule has 17 heavy (non-hydrogen) atoms. The second-order valence-corrected chi connectivity index (χ2v) is 5.96. The van der Waals surface area contributed by atoms with Crippen molar-refractivity contribution in [3.8, 4) is 0 Å². The maximum Gasteiger partial charge on any atom is 0.166 e. The van der Waals surface area contributed by atoms with Gasteiger partial charge in [0, 0.05) is 24.4 Å². The highest BCUT2D eigenvalue weighted by molar-refractivity contribution is 7.80. The van der Waals surface area contributed by atoms with Gasteiger partial charge in [-0.05, 0) is 32.0 Å². The molecule has 3 nitrogen and oxygen atoms in total. The Kier molecular flexibility index (Phi) is 4.74. The van der Waals surface area contributed by atoms with Crippen molar-refractivity contribution in [3.63, 3.8) is 0 Å².